The number of rotatable bonds is 19. The number of sulfone groups is 1. The van der Waals surface area contributed by atoms with Crippen LogP contribution in [-0.4, -0.2) is 52.8 Å². The second kappa shape index (κ2) is 17.0. The van der Waals surface area contributed by atoms with Gasteiger partial charge in [-0.3, -0.25) is 4.79 Å². The smallest absolute Gasteiger partial charge is 0.305 e. The van der Waals surface area contributed by atoms with Crippen molar-refractivity contribution in [3.8, 4) is 11.5 Å². The highest BCUT2D eigenvalue weighted by molar-refractivity contribution is 7.91. The lowest BCUT2D eigenvalue weighted by Gasteiger charge is -2.21. The Labute approximate surface area is 222 Å². The normalized spacial score (nSPS) is 13.1. The quantitative estimate of drug-likeness (QED) is 0.167. The van der Waals surface area contributed by atoms with Gasteiger partial charge in [0.1, 0.15) is 27.9 Å². The third-order valence-corrected chi connectivity index (χ3v) is 8.05. The molecule has 0 spiro atoms. The Bertz CT molecular complexity index is 991. The molecule has 2 aromatic rings. The first-order valence-corrected chi connectivity index (χ1v) is 15.0. The molecular weight excluding hydrogens is 492 g/mol. The first-order chi connectivity index (χ1) is 17.8. The van der Waals surface area contributed by atoms with E-state index in [9.17, 15) is 13.2 Å². The topological polar surface area (TPSA) is 88.1 Å². The van der Waals surface area contributed by atoms with Crippen molar-refractivity contribution in [3.63, 3.8) is 0 Å². The molecule has 0 radical (unpaired) electrons. The highest BCUT2D eigenvalue weighted by Crippen LogP contribution is 2.21. The molecule has 0 amide bonds. The number of hydrogen-bond acceptors (Lipinski definition) is 7. The Kier molecular flexibility index (Phi) is 14.1. The molecule has 0 aliphatic rings. The van der Waals surface area contributed by atoms with Crippen molar-refractivity contribution in [2.75, 3.05) is 27.1 Å². The summed E-state index contributed by atoms with van der Waals surface area (Å²) < 4.78 is 46.8. The lowest BCUT2D eigenvalue weighted by atomic mass is 10.0. The summed E-state index contributed by atoms with van der Waals surface area (Å²) in [4.78, 5) is 11.2. The van der Waals surface area contributed by atoms with E-state index in [1.807, 2.05) is 54.6 Å². The fourth-order valence-electron chi connectivity index (χ4n) is 4.11. The van der Waals surface area contributed by atoms with Gasteiger partial charge >= 0.3 is 5.97 Å². The van der Waals surface area contributed by atoms with Crippen molar-refractivity contribution in [2.45, 2.75) is 75.7 Å². The first kappa shape index (κ1) is 30.6. The standard InChI is InChI=1S/C29H42O7S/c1-33-25-18-20-26(21-19-25)36-23-27(35-22-24-12-7-6-8-13-24)14-11-16-28(37(3,31)32)15-9-4-5-10-17-29(30)34-2/h6-8,12-13,18-21,27-28H,4-5,9-11,14-17,22-23H2,1-3H3. The average molecular weight is 535 g/mol. The molecule has 0 saturated carbocycles. The molecule has 206 valence electrons. The fourth-order valence-corrected chi connectivity index (χ4v) is 5.30. The predicted molar refractivity (Wildman–Crippen MR) is 146 cm³/mol. The van der Waals surface area contributed by atoms with Gasteiger partial charge in [-0.2, -0.15) is 0 Å². The number of carbonyl (C=O) groups is 1. The van der Waals surface area contributed by atoms with E-state index in [-0.39, 0.29) is 17.3 Å². The molecule has 0 bridgehead atoms. The second-order valence-corrected chi connectivity index (χ2v) is 11.6. The molecular formula is C29H42O7S. The van der Waals surface area contributed by atoms with Gasteiger partial charge in [0, 0.05) is 12.7 Å². The Morgan fingerprint density at radius 2 is 1.46 bits per heavy atom. The molecule has 2 unspecified atom stereocenters. The van der Waals surface area contributed by atoms with Crippen molar-refractivity contribution < 1.29 is 32.2 Å². The number of methoxy groups -OCH3 is 2. The highest BCUT2D eigenvalue weighted by atomic mass is 32.2. The molecule has 0 saturated heterocycles. The van der Waals surface area contributed by atoms with Gasteiger partial charge in [-0.05, 0) is 61.9 Å². The number of ether oxygens (including phenoxy) is 4. The highest BCUT2D eigenvalue weighted by Gasteiger charge is 2.21. The number of benzene rings is 2. The van der Waals surface area contributed by atoms with Crippen LogP contribution >= 0.6 is 0 Å². The van der Waals surface area contributed by atoms with Gasteiger partial charge in [0.05, 0.1) is 32.2 Å². The minimum absolute atomic E-state index is 0.166. The maximum Gasteiger partial charge on any atom is 0.305 e. The maximum atomic E-state index is 12.4. The summed E-state index contributed by atoms with van der Waals surface area (Å²) in [6, 6.07) is 17.4. The third-order valence-electron chi connectivity index (χ3n) is 6.37. The molecule has 2 rings (SSSR count). The summed E-state index contributed by atoms with van der Waals surface area (Å²) in [5.74, 6) is 1.30. The average Bonchev–Trinajstić information content (AvgIpc) is 2.90. The van der Waals surface area contributed by atoms with E-state index in [1.165, 1.54) is 13.4 Å². The first-order valence-electron chi connectivity index (χ1n) is 13.0. The zero-order valence-electron chi connectivity index (χ0n) is 22.4. The van der Waals surface area contributed by atoms with Gasteiger partial charge < -0.3 is 18.9 Å². The van der Waals surface area contributed by atoms with Crippen LogP contribution in [0.2, 0.25) is 0 Å². The van der Waals surface area contributed by atoms with E-state index < -0.39 is 9.84 Å². The number of esters is 1. The summed E-state index contributed by atoms with van der Waals surface area (Å²) in [6.07, 6.45) is 7.62. The van der Waals surface area contributed by atoms with E-state index in [4.69, 9.17) is 14.2 Å². The molecule has 0 aliphatic heterocycles. The van der Waals surface area contributed by atoms with Crippen LogP contribution in [0.4, 0.5) is 0 Å². The van der Waals surface area contributed by atoms with E-state index >= 15 is 0 Å². The Balaban J connectivity index is 1.85. The third kappa shape index (κ3) is 13.0. The number of unbranched alkanes of at least 4 members (excludes halogenated alkanes) is 3. The van der Waals surface area contributed by atoms with E-state index in [2.05, 4.69) is 4.74 Å². The van der Waals surface area contributed by atoms with Crippen molar-refractivity contribution >= 4 is 15.8 Å². The number of carbonyl (C=O) groups excluding carboxylic acids is 1. The van der Waals surface area contributed by atoms with Crippen molar-refractivity contribution in [2.24, 2.45) is 0 Å². The molecule has 2 aromatic carbocycles. The van der Waals surface area contributed by atoms with Crippen LogP contribution in [0.25, 0.3) is 0 Å². The van der Waals surface area contributed by atoms with Gasteiger partial charge in [-0.25, -0.2) is 8.42 Å². The Hall–Kier alpha value is -2.58. The van der Waals surface area contributed by atoms with Crippen LogP contribution in [0.1, 0.15) is 63.4 Å². The lowest BCUT2D eigenvalue weighted by Crippen LogP contribution is -2.24. The Morgan fingerprint density at radius 1 is 0.811 bits per heavy atom. The van der Waals surface area contributed by atoms with Gasteiger partial charge in [0.25, 0.3) is 0 Å². The largest absolute Gasteiger partial charge is 0.497 e. The van der Waals surface area contributed by atoms with Crippen LogP contribution in [0, 0.1) is 0 Å². The fraction of sp³-hybridized carbons (Fsp3) is 0.552. The minimum Gasteiger partial charge on any atom is -0.497 e. The maximum absolute atomic E-state index is 12.4. The molecule has 0 heterocycles. The van der Waals surface area contributed by atoms with Crippen molar-refractivity contribution in [3.05, 3.63) is 60.2 Å². The molecule has 0 aromatic heterocycles. The van der Waals surface area contributed by atoms with Crippen LogP contribution in [-0.2, 0) is 30.7 Å². The van der Waals surface area contributed by atoms with Crippen LogP contribution in [0.15, 0.2) is 54.6 Å². The zero-order valence-corrected chi connectivity index (χ0v) is 23.2. The van der Waals surface area contributed by atoms with Gasteiger partial charge in [-0.1, -0.05) is 49.6 Å². The molecule has 37 heavy (non-hydrogen) atoms. The van der Waals surface area contributed by atoms with Crippen LogP contribution in [0.3, 0.4) is 0 Å². The number of hydrogen-bond donors (Lipinski definition) is 0. The predicted octanol–water partition coefficient (Wildman–Crippen LogP) is 5.76. The molecule has 0 N–H and O–H groups in total. The monoisotopic (exact) mass is 534 g/mol. The van der Waals surface area contributed by atoms with Gasteiger partial charge in [-0.15, -0.1) is 0 Å². The molecule has 8 heteroatoms. The Morgan fingerprint density at radius 3 is 2.11 bits per heavy atom. The summed E-state index contributed by atoms with van der Waals surface area (Å²) in [5, 5.41) is -0.370. The zero-order chi connectivity index (χ0) is 26.9. The summed E-state index contributed by atoms with van der Waals surface area (Å²) in [6.45, 7) is 0.849. The molecule has 0 fully saturated rings. The molecule has 2 atom stereocenters. The van der Waals surface area contributed by atoms with Crippen LogP contribution in [0.5, 0.6) is 11.5 Å². The lowest BCUT2D eigenvalue weighted by molar-refractivity contribution is -0.140. The molecule has 0 aliphatic carbocycles. The van der Waals surface area contributed by atoms with Gasteiger partial charge in [0.2, 0.25) is 0 Å². The second-order valence-electron chi connectivity index (χ2n) is 9.32. The SMILES string of the molecule is COC(=O)CCCCCCC(CCCC(COc1ccc(OC)cc1)OCc1ccccc1)S(C)(=O)=O. The molecule has 7 nitrogen and oxygen atoms in total. The van der Waals surface area contributed by atoms with E-state index in [0.29, 0.717) is 38.9 Å². The summed E-state index contributed by atoms with van der Waals surface area (Å²) in [7, 11) is -0.135. The van der Waals surface area contributed by atoms with Gasteiger partial charge in [0.15, 0.2) is 0 Å². The summed E-state index contributed by atoms with van der Waals surface area (Å²) >= 11 is 0. The van der Waals surface area contributed by atoms with E-state index in [1.54, 1.807) is 7.11 Å². The minimum atomic E-state index is -3.15. The van der Waals surface area contributed by atoms with Crippen molar-refractivity contribution in [1.82, 2.24) is 0 Å². The van der Waals surface area contributed by atoms with Crippen molar-refractivity contribution in [1.29, 1.82) is 0 Å². The summed E-state index contributed by atoms with van der Waals surface area (Å²) in [5.41, 5.74) is 1.08. The van der Waals surface area contributed by atoms with E-state index in [0.717, 1.165) is 49.2 Å². The van der Waals surface area contributed by atoms with Crippen LogP contribution < -0.4 is 9.47 Å².